The van der Waals surface area contributed by atoms with Gasteiger partial charge in [0.05, 0.1) is 0 Å². The molecule has 11 heavy (non-hydrogen) atoms. The Hall–Kier alpha value is -1.66. The lowest BCUT2D eigenvalue weighted by molar-refractivity contribution is 0.104. The van der Waals surface area contributed by atoms with Gasteiger partial charge in [0.2, 0.25) is 0 Å². The molecule has 0 radical (unpaired) electrons. The normalized spacial score (nSPS) is 8.36. The quantitative estimate of drug-likeness (QED) is 0.384. The van der Waals surface area contributed by atoms with E-state index in [0.29, 0.717) is 5.56 Å². The smallest absolute Gasteiger partial charge is 0.195 e. The van der Waals surface area contributed by atoms with Gasteiger partial charge >= 0.3 is 0 Å². The molecule has 0 amide bonds. The van der Waals surface area contributed by atoms with Crippen molar-refractivity contribution in [3.8, 4) is 0 Å². The lowest BCUT2D eigenvalue weighted by Gasteiger charge is -1.90. The third-order valence-electron chi connectivity index (χ3n) is 1.26. The second-order valence-corrected chi connectivity index (χ2v) is 2.02. The molecular weight excluding hydrogens is 138 g/mol. The van der Waals surface area contributed by atoms with Gasteiger partial charge in [0.25, 0.3) is 0 Å². The highest BCUT2D eigenvalue weighted by atomic mass is 16.1. The summed E-state index contributed by atoms with van der Waals surface area (Å²) >= 11 is 0. The molecule has 0 fully saturated rings. The number of ketones is 1. The highest BCUT2D eigenvalue weighted by Crippen LogP contribution is 1.98. The van der Waals surface area contributed by atoms with E-state index < -0.39 is 0 Å². The van der Waals surface area contributed by atoms with Crippen molar-refractivity contribution < 1.29 is 4.79 Å². The van der Waals surface area contributed by atoms with E-state index in [0.717, 1.165) is 6.08 Å². The van der Waals surface area contributed by atoms with Crippen LogP contribution in [0, 0.1) is 5.41 Å². The average Bonchev–Trinajstić information content (AvgIpc) is 2.07. The highest BCUT2D eigenvalue weighted by molar-refractivity contribution is 6.08. The van der Waals surface area contributed by atoms with Crippen LogP contribution in [-0.2, 0) is 0 Å². The number of hydrogen-bond donors (Lipinski definition) is 1. The first-order valence-corrected chi connectivity index (χ1v) is 3.19. The van der Waals surface area contributed by atoms with E-state index in [9.17, 15) is 4.79 Å². The van der Waals surface area contributed by atoms with Crippen LogP contribution in [0.4, 0.5) is 0 Å². The summed E-state index contributed by atoms with van der Waals surface area (Å²) in [5, 5.41) is 6.56. The Morgan fingerprint density at radius 3 is 2.55 bits per heavy atom. The molecule has 0 unspecified atom stereocenters. The van der Waals surface area contributed by atoms with Gasteiger partial charge in [0.15, 0.2) is 5.78 Å². The number of benzene rings is 1. The molecule has 1 aromatic rings. The molecule has 0 aliphatic heterocycles. The third-order valence-corrected chi connectivity index (χ3v) is 1.26. The fraction of sp³-hybridized carbons (Fsp3) is 0. The van der Waals surface area contributed by atoms with Crippen molar-refractivity contribution in [3.63, 3.8) is 0 Å². The van der Waals surface area contributed by atoms with Crippen molar-refractivity contribution in [1.29, 1.82) is 5.41 Å². The maximum atomic E-state index is 11.0. The Balaban J connectivity index is 2.94. The molecule has 0 heterocycles. The predicted octanol–water partition coefficient (Wildman–Crippen LogP) is 1.67. The number of carbonyl (C=O) groups is 1. The molecule has 1 rings (SSSR count). The van der Waals surface area contributed by atoms with Crippen LogP contribution in [0.15, 0.2) is 36.4 Å². The zero-order valence-corrected chi connectivity index (χ0v) is 5.87. The summed E-state index contributed by atoms with van der Waals surface area (Å²) < 4.78 is 0. The van der Waals surface area contributed by atoms with E-state index in [1.807, 2.05) is 11.9 Å². The van der Waals surface area contributed by atoms with Gasteiger partial charge in [-0.15, -0.1) is 0 Å². The van der Waals surface area contributed by atoms with Gasteiger partial charge in [0.1, 0.15) is 0 Å². The number of rotatable bonds is 2. The van der Waals surface area contributed by atoms with E-state index >= 15 is 0 Å². The van der Waals surface area contributed by atoms with Crippen LogP contribution < -0.4 is 0 Å². The van der Waals surface area contributed by atoms with E-state index in [1.165, 1.54) is 0 Å². The van der Waals surface area contributed by atoms with Crippen molar-refractivity contribution in [2.75, 3.05) is 0 Å². The summed E-state index contributed by atoms with van der Waals surface area (Å²) in [4.78, 5) is 11.0. The monoisotopic (exact) mass is 145 g/mol. The predicted molar refractivity (Wildman–Crippen MR) is 43.1 cm³/mol. The van der Waals surface area contributed by atoms with Crippen molar-refractivity contribution >= 4 is 11.7 Å². The first-order valence-electron chi connectivity index (χ1n) is 3.19. The van der Waals surface area contributed by atoms with Crippen molar-refractivity contribution in [3.05, 3.63) is 42.0 Å². The lowest BCUT2D eigenvalue weighted by atomic mass is 10.1. The molecule has 0 saturated heterocycles. The van der Waals surface area contributed by atoms with Crippen LogP contribution in [-0.4, -0.2) is 11.7 Å². The number of carbonyl (C=O) groups excluding carboxylic acids is 1. The number of hydrogen-bond acceptors (Lipinski definition) is 2. The van der Waals surface area contributed by atoms with Crippen LogP contribution in [0.1, 0.15) is 10.4 Å². The summed E-state index contributed by atoms with van der Waals surface area (Å²) in [6.07, 6.45) is 1.11. The maximum absolute atomic E-state index is 11.0. The van der Waals surface area contributed by atoms with Crippen LogP contribution in [0.5, 0.6) is 0 Å². The topological polar surface area (TPSA) is 40.9 Å². The summed E-state index contributed by atoms with van der Waals surface area (Å²) in [6.45, 7) is 0. The molecule has 1 N–H and O–H groups in total. The van der Waals surface area contributed by atoms with Crippen LogP contribution >= 0.6 is 0 Å². The fourth-order valence-electron chi connectivity index (χ4n) is 0.751. The molecule has 1 aromatic carbocycles. The van der Waals surface area contributed by atoms with E-state index in [2.05, 4.69) is 0 Å². The van der Waals surface area contributed by atoms with E-state index in [4.69, 9.17) is 5.41 Å². The SMILES string of the molecule is N=C=CC(=O)c1ccccc1. The Morgan fingerprint density at radius 1 is 1.36 bits per heavy atom. The van der Waals surface area contributed by atoms with Gasteiger partial charge in [-0.05, 0) is 5.87 Å². The Bertz CT molecular complexity index is 297. The van der Waals surface area contributed by atoms with E-state index in [-0.39, 0.29) is 5.78 Å². The average molecular weight is 145 g/mol. The van der Waals surface area contributed by atoms with Crippen LogP contribution in [0.2, 0.25) is 0 Å². The molecule has 0 atom stereocenters. The summed E-state index contributed by atoms with van der Waals surface area (Å²) in [6, 6.07) is 8.81. The Kier molecular flexibility index (Phi) is 2.37. The van der Waals surface area contributed by atoms with Crippen molar-refractivity contribution in [1.82, 2.24) is 0 Å². The van der Waals surface area contributed by atoms with Gasteiger partial charge in [0, 0.05) is 11.6 Å². The van der Waals surface area contributed by atoms with Gasteiger partial charge in [-0.1, -0.05) is 30.3 Å². The maximum Gasteiger partial charge on any atom is 0.195 e. The Labute approximate surface area is 64.7 Å². The molecular formula is C9H7NO. The molecule has 0 aliphatic rings. The summed E-state index contributed by atoms with van der Waals surface area (Å²) in [5.41, 5.74) is 0.590. The minimum atomic E-state index is -0.180. The van der Waals surface area contributed by atoms with Gasteiger partial charge in [-0.2, -0.15) is 0 Å². The van der Waals surface area contributed by atoms with Crippen LogP contribution in [0.25, 0.3) is 0 Å². The van der Waals surface area contributed by atoms with Crippen molar-refractivity contribution in [2.45, 2.75) is 0 Å². The minimum absolute atomic E-state index is 0.180. The van der Waals surface area contributed by atoms with E-state index in [1.54, 1.807) is 24.3 Å². The third kappa shape index (κ3) is 1.88. The molecule has 0 bridgehead atoms. The van der Waals surface area contributed by atoms with Gasteiger partial charge in [-0.3, -0.25) is 10.2 Å². The molecule has 0 aromatic heterocycles. The molecule has 0 spiro atoms. The fourth-order valence-corrected chi connectivity index (χ4v) is 0.751. The van der Waals surface area contributed by atoms with Crippen LogP contribution in [0.3, 0.4) is 0 Å². The highest BCUT2D eigenvalue weighted by Gasteiger charge is 1.97. The second kappa shape index (κ2) is 3.49. The molecule has 0 aliphatic carbocycles. The zero-order chi connectivity index (χ0) is 8.10. The number of allylic oxidation sites excluding steroid dienone is 1. The first-order chi connectivity index (χ1) is 5.34. The second-order valence-electron chi connectivity index (χ2n) is 2.02. The van der Waals surface area contributed by atoms with Gasteiger partial charge in [-0.25, -0.2) is 0 Å². The Morgan fingerprint density at radius 2 is 2.00 bits per heavy atom. The lowest BCUT2D eigenvalue weighted by Crippen LogP contribution is -1.92. The molecule has 54 valence electrons. The van der Waals surface area contributed by atoms with Gasteiger partial charge < -0.3 is 0 Å². The first kappa shape index (κ1) is 7.45. The molecule has 2 heteroatoms. The minimum Gasteiger partial charge on any atom is -0.289 e. The summed E-state index contributed by atoms with van der Waals surface area (Å²) in [7, 11) is 0. The molecule has 0 saturated carbocycles. The largest absolute Gasteiger partial charge is 0.289 e. The standard InChI is InChI=1S/C9H7NO/c10-7-6-9(11)8-4-2-1-3-5-8/h1-6,10H. The van der Waals surface area contributed by atoms with Crippen molar-refractivity contribution in [2.24, 2.45) is 0 Å². The zero-order valence-electron chi connectivity index (χ0n) is 5.87. The summed E-state index contributed by atoms with van der Waals surface area (Å²) in [5.74, 6) is 1.76. The molecule has 2 nitrogen and oxygen atoms in total. The number of nitrogens with one attached hydrogen (secondary N) is 1.